The summed E-state index contributed by atoms with van der Waals surface area (Å²) in [6.45, 7) is 2.42. The molecular formula is C19H24N2O5S. The normalized spacial score (nSPS) is 19.4. The number of methoxy groups -OCH3 is 1. The van der Waals surface area contributed by atoms with Gasteiger partial charge in [0.25, 0.3) is 0 Å². The molecule has 1 fully saturated rings. The molecule has 2 heterocycles. The molecule has 1 N–H and O–H groups in total. The lowest BCUT2D eigenvalue weighted by atomic mass is 9.98. The molecule has 3 rings (SSSR count). The van der Waals surface area contributed by atoms with Crippen LogP contribution in [0, 0.1) is 5.92 Å². The van der Waals surface area contributed by atoms with Crippen LogP contribution in [-0.2, 0) is 14.8 Å². The Hall–Kier alpha value is -2.32. The molecule has 0 unspecified atom stereocenters. The SMILES string of the molecule is COc1ccc(S(=O)(=O)N2CCC[C@@H](C(=O)N[C@H](C)c3ccco3)C2)cc1. The van der Waals surface area contributed by atoms with Gasteiger partial charge >= 0.3 is 0 Å². The predicted molar refractivity (Wildman–Crippen MR) is 99.7 cm³/mol. The zero-order valence-electron chi connectivity index (χ0n) is 15.4. The second kappa shape index (κ2) is 8.14. The third-order valence-corrected chi connectivity index (χ3v) is 6.66. The first-order valence-electron chi connectivity index (χ1n) is 8.90. The number of nitrogens with zero attached hydrogens (tertiary/aromatic N) is 1. The van der Waals surface area contributed by atoms with Crippen LogP contribution >= 0.6 is 0 Å². The first-order valence-corrected chi connectivity index (χ1v) is 10.3. The largest absolute Gasteiger partial charge is 0.497 e. The van der Waals surface area contributed by atoms with E-state index in [1.54, 1.807) is 30.5 Å². The predicted octanol–water partition coefficient (Wildman–Crippen LogP) is 2.57. The van der Waals surface area contributed by atoms with Crippen LogP contribution in [0.2, 0.25) is 0 Å². The van der Waals surface area contributed by atoms with Crippen molar-refractivity contribution >= 4 is 15.9 Å². The number of ether oxygens (including phenoxy) is 1. The van der Waals surface area contributed by atoms with Gasteiger partial charge < -0.3 is 14.5 Å². The molecule has 1 aliphatic rings. The molecule has 146 valence electrons. The highest BCUT2D eigenvalue weighted by Crippen LogP contribution is 2.26. The Balaban J connectivity index is 1.68. The fraction of sp³-hybridized carbons (Fsp3) is 0.421. The van der Waals surface area contributed by atoms with Crippen LogP contribution in [0.5, 0.6) is 5.75 Å². The monoisotopic (exact) mass is 392 g/mol. The van der Waals surface area contributed by atoms with E-state index in [4.69, 9.17) is 9.15 Å². The fourth-order valence-electron chi connectivity index (χ4n) is 3.21. The van der Waals surface area contributed by atoms with E-state index in [0.29, 0.717) is 30.9 Å². The van der Waals surface area contributed by atoms with E-state index in [1.165, 1.54) is 23.5 Å². The number of hydrogen-bond acceptors (Lipinski definition) is 5. The van der Waals surface area contributed by atoms with Crippen LogP contribution < -0.4 is 10.1 Å². The Morgan fingerprint density at radius 1 is 1.30 bits per heavy atom. The van der Waals surface area contributed by atoms with Crippen molar-refractivity contribution < 1.29 is 22.4 Å². The van der Waals surface area contributed by atoms with Gasteiger partial charge in [0, 0.05) is 13.1 Å². The van der Waals surface area contributed by atoms with Crippen LogP contribution in [0.15, 0.2) is 52.0 Å². The van der Waals surface area contributed by atoms with Gasteiger partial charge in [-0.05, 0) is 56.2 Å². The highest BCUT2D eigenvalue weighted by molar-refractivity contribution is 7.89. The summed E-state index contributed by atoms with van der Waals surface area (Å²) in [5.74, 6) is 0.719. The van der Waals surface area contributed by atoms with Gasteiger partial charge in [-0.3, -0.25) is 4.79 Å². The average Bonchev–Trinajstić information content (AvgIpc) is 3.23. The molecule has 8 heteroatoms. The minimum Gasteiger partial charge on any atom is -0.497 e. The number of piperidine rings is 1. The quantitative estimate of drug-likeness (QED) is 0.816. The first-order chi connectivity index (χ1) is 12.9. The second-order valence-corrected chi connectivity index (χ2v) is 8.56. The van der Waals surface area contributed by atoms with E-state index in [1.807, 2.05) is 6.92 Å². The van der Waals surface area contributed by atoms with Crippen molar-refractivity contribution in [2.24, 2.45) is 5.92 Å². The molecular weight excluding hydrogens is 368 g/mol. The van der Waals surface area contributed by atoms with Crippen LogP contribution in [0.1, 0.15) is 31.6 Å². The van der Waals surface area contributed by atoms with Gasteiger partial charge in [0.2, 0.25) is 15.9 Å². The summed E-state index contributed by atoms with van der Waals surface area (Å²) in [5.41, 5.74) is 0. The molecule has 7 nitrogen and oxygen atoms in total. The van der Waals surface area contributed by atoms with Crippen molar-refractivity contribution in [1.82, 2.24) is 9.62 Å². The van der Waals surface area contributed by atoms with E-state index >= 15 is 0 Å². The van der Waals surface area contributed by atoms with Crippen molar-refractivity contribution in [3.63, 3.8) is 0 Å². The number of benzene rings is 1. The van der Waals surface area contributed by atoms with Crippen molar-refractivity contribution in [1.29, 1.82) is 0 Å². The van der Waals surface area contributed by atoms with Gasteiger partial charge in [0.1, 0.15) is 11.5 Å². The number of carbonyl (C=O) groups is 1. The maximum Gasteiger partial charge on any atom is 0.243 e. The maximum atomic E-state index is 12.9. The van der Waals surface area contributed by atoms with Crippen LogP contribution in [0.3, 0.4) is 0 Å². The molecule has 0 radical (unpaired) electrons. The van der Waals surface area contributed by atoms with Crippen molar-refractivity contribution in [3.8, 4) is 5.75 Å². The lowest BCUT2D eigenvalue weighted by Gasteiger charge is -2.31. The molecule has 0 bridgehead atoms. The van der Waals surface area contributed by atoms with Crippen molar-refractivity contribution in [2.75, 3.05) is 20.2 Å². The third kappa shape index (κ3) is 4.33. The summed E-state index contributed by atoms with van der Waals surface area (Å²) >= 11 is 0. The molecule has 0 aliphatic carbocycles. The van der Waals surface area contributed by atoms with Crippen molar-refractivity contribution in [3.05, 3.63) is 48.4 Å². The first kappa shape index (κ1) is 19.4. The van der Waals surface area contributed by atoms with Gasteiger partial charge in [-0.1, -0.05) is 0 Å². The highest BCUT2D eigenvalue weighted by atomic mass is 32.2. The van der Waals surface area contributed by atoms with Gasteiger partial charge in [-0.2, -0.15) is 4.31 Å². The summed E-state index contributed by atoms with van der Waals surface area (Å²) in [7, 11) is -2.12. The van der Waals surface area contributed by atoms with Crippen LogP contribution in [0.4, 0.5) is 0 Å². The minimum atomic E-state index is -3.65. The van der Waals surface area contributed by atoms with E-state index in [9.17, 15) is 13.2 Å². The molecule has 2 aromatic rings. The lowest BCUT2D eigenvalue weighted by Crippen LogP contribution is -2.45. The second-order valence-electron chi connectivity index (χ2n) is 6.62. The summed E-state index contributed by atoms with van der Waals surface area (Å²) in [6.07, 6.45) is 2.86. The summed E-state index contributed by atoms with van der Waals surface area (Å²) < 4.78 is 37.6. The summed E-state index contributed by atoms with van der Waals surface area (Å²) in [5, 5.41) is 2.91. The molecule has 1 amide bonds. The van der Waals surface area contributed by atoms with Gasteiger partial charge in [-0.25, -0.2) is 8.42 Å². The fourth-order valence-corrected chi connectivity index (χ4v) is 4.74. The highest BCUT2D eigenvalue weighted by Gasteiger charge is 2.33. The Kier molecular flexibility index (Phi) is 5.86. The molecule has 0 spiro atoms. The number of nitrogens with one attached hydrogen (secondary N) is 1. The zero-order valence-corrected chi connectivity index (χ0v) is 16.2. The summed E-state index contributed by atoms with van der Waals surface area (Å²) in [4.78, 5) is 12.8. The standard InChI is InChI=1S/C19H24N2O5S/c1-14(18-6-4-12-26-18)20-19(22)15-5-3-11-21(13-15)27(23,24)17-9-7-16(25-2)8-10-17/h4,6-10,12,14-15H,3,5,11,13H2,1-2H3,(H,20,22)/t14-,15-/m1/s1. The number of rotatable bonds is 6. The lowest BCUT2D eigenvalue weighted by molar-refractivity contribution is -0.126. The Labute approximate surface area is 159 Å². The van der Waals surface area contributed by atoms with Crippen molar-refractivity contribution in [2.45, 2.75) is 30.7 Å². The molecule has 27 heavy (non-hydrogen) atoms. The van der Waals surface area contributed by atoms with Gasteiger partial charge in [0.05, 0.1) is 30.2 Å². The average molecular weight is 392 g/mol. The van der Waals surface area contributed by atoms with Gasteiger partial charge in [0.15, 0.2) is 0 Å². The number of sulfonamides is 1. The Morgan fingerprint density at radius 2 is 2.04 bits per heavy atom. The minimum absolute atomic E-state index is 0.159. The van der Waals surface area contributed by atoms with E-state index < -0.39 is 10.0 Å². The van der Waals surface area contributed by atoms with Gasteiger partial charge in [-0.15, -0.1) is 0 Å². The molecule has 1 aromatic carbocycles. The number of hydrogen-bond donors (Lipinski definition) is 1. The topological polar surface area (TPSA) is 88.9 Å². The molecule has 2 atom stereocenters. The number of carbonyl (C=O) groups excluding carboxylic acids is 1. The Morgan fingerprint density at radius 3 is 2.67 bits per heavy atom. The molecule has 1 aromatic heterocycles. The number of amides is 1. The molecule has 1 saturated heterocycles. The van der Waals surface area contributed by atoms with E-state index in [2.05, 4.69) is 5.32 Å². The Bertz CT molecular complexity index is 862. The molecule has 0 saturated carbocycles. The summed E-state index contributed by atoms with van der Waals surface area (Å²) in [6, 6.07) is 9.58. The zero-order chi connectivity index (χ0) is 19.4. The smallest absolute Gasteiger partial charge is 0.243 e. The van der Waals surface area contributed by atoms with Crippen LogP contribution in [-0.4, -0.2) is 38.8 Å². The van der Waals surface area contributed by atoms with E-state index in [0.717, 1.165) is 0 Å². The molecule has 1 aliphatic heterocycles. The number of furan rings is 1. The van der Waals surface area contributed by atoms with E-state index in [-0.39, 0.29) is 29.3 Å². The van der Waals surface area contributed by atoms with Crippen LogP contribution in [0.25, 0.3) is 0 Å². The maximum absolute atomic E-state index is 12.9. The third-order valence-electron chi connectivity index (χ3n) is 4.78.